The number of hydrogen-bond acceptors (Lipinski definition) is 4. The standard InChI is InChI=1S/C20H13NO4/c1-12-14(6-4-7-17(12)21(23)24)20(22)13-9-10-16-15-5-2-3-8-18(15)25-19(16)11-13/h2-11H,1H3. The van der Waals surface area contributed by atoms with E-state index in [4.69, 9.17) is 4.42 Å². The summed E-state index contributed by atoms with van der Waals surface area (Å²) < 4.78 is 5.81. The lowest BCUT2D eigenvalue weighted by Gasteiger charge is -2.05. The van der Waals surface area contributed by atoms with Crippen LogP contribution in [-0.2, 0) is 0 Å². The predicted octanol–water partition coefficient (Wildman–Crippen LogP) is 5.03. The van der Waals surface area contributed by atoms with Gasteiger partial charge in [0.2, 0.25) is 0 Å². The molecule has 0 N–H and O–H groups in total. The van der Waals surface area contributed by atoms with Gasteiger partial charge in [0.15, 0.2) is 5.78 Å². The first kappa shape index (κ1) is 15.1. The normalized spacial score (nSPS) is 11.1. The van der Waals surface area contributed by atoms with Crippen molar-refractivity contribution in [2.45, 2.75) is 6.92 Å². The topological polar surface area (TPSA) is 73.3 Å². The van der Waals surface area contributed by atoms with E-state index in [1.54, 1.807) is 25.1 Å². The van der Waals surface area contributed by atoms with Crippen LogP contribution in [-0.4, -0.2) is 10.7 Å². The second-order valence-electron chi connectivity index (χ2n) is 5.85. The van der Waals surface area contributed by atoms with Crippen molar-refractivity contribution in [1.29, 1.82) is 0 Å². The first-order valence-corrected chi connectivity index (χ1v) is 7.76. The van der Waals surface area contributed by atoms with Gasteiger partial charge >= 0.3 is 0 Å². The predicted molar refractivity (Wildman–Crippen MR) is 95.0 cm³/mol. The fourth-order valence-electron chi connectivity index (χ4n) is 3.09. The van der Waals surface area contributed by atoms with Crippen molar-refractivity contribution in [3.05, 3.63) is 87.5 Å². The van der Waals surface area contributed by atoms with Crippen LogP contribution in [0.25, 0.3) is 21.9 Å². The minimum absolute atomic E-state index is 0.0596. The maximum Gasteiger partial charge on any atom is 0.273 e. The van der Waals surface area contributed by atoms with Crippen LogP contribution in [0.3, 0.4) is 0 Å². The number of benzene rings is 3. The molecule has 122 valence electrons. The SMILES string of the molecule is Cc1c(C(=O)c2ccc3c(c2)oc2ccccc23)cccc1[N+](=O)[O-]. The number of nitro benzene ring substituents is 1. The summed E-state index contributed by atoms with van der Waals surface area (Å²) in [5.74, 6) is -0.261. The lowest BCUT2D eigenvalue weighted by molar-refractivity contribution is -0.385. The first-order valence-electron chi connectivity index (χ1n) is 7.76. The molecule has 0 aliphatic heterocycles. The third kappa shape index (κ3) is 2.37. The number of rotatable bonds is 3. The van der Waals surface area contributed by atoms with E-state index in [1.807, 2.05) is 30.3 Å². The van der Waals surface area contributed by atoms with E-state index in [0.717, 1.165) is 16.4 Å². The number of fused-ring (bicyclic) bond motifs is 3. The lowest BCUT2D eigenvalue weighted by Crippen LogP contribution is -2.05. The van der Waals surface area contributed by atoms with Gasteiger partial charge in [-0.15, -0.1) is 0 Å². The highest BCUT2D eigenvalue weighted by atomic mass is 16.6. The molecule has 0 spiro atoms. The molecule has 0 aliphatic rings. The van der Waals surface area contributed by atoms with E-state index in [2.05, 4.69) is 0 Å². The third-order valence-electron chi connectivity index (χ3n) is 4.39. The summed E-state index contributed by atoms with van der Waals surface area (Å²) in [5, 5.41) is 13.0. The lowest BCUT2D eigenvalue weighted by atomic mass is 9.97. The van der Waals surface area contributed by atoms with E-state index < -0.39 is 4.92 Å². The minimum atomic E-state index is -0.478. The molecule has 0 aliphatic carbocycles. The third-order valence-corrected chi connectivity index (χ3v) is 4.39. The highest BCUT2D eigenvalue weighted by Gasteiger charge is 2.20. The molecule has 1 heterocycles. The van der Waals surface area contributed by atoms with Crippen LogP contribution in [0.5, 0.6) is 0 Å². The van der Waals surface area contributed by atoms with Gasteiger partial charge in [-0.2, -0.15) is 0 Å². The quantitative estimate of drug-likeness (QED) is 0.300. The van der Waals surface area contributed by atoms with E-state index in [0.29, 0.717) is 22.3 Å². The first-order chi connectivity index (χ1) is 12.1. The molecule has 0 bridgehead atoms. The Balaban J connectivity index is 1.84. The van der Waals surface area contributed by atoms with Gasteiger partial charge in [-0.1, -0.05) is 36.4 Å². The van der Waals surface area contributed by atoms with E-state index >= 15 is 0 Å². The Morgan fingerprint density at radius 3 is 2.52 bits per heavy atom. The van der Waals surface area contributed by atoms with Gasteiger partial charge in [-0.05, 0) is 25.1 Å². The van der Waals surface area contributed by atoms with E-state index in [9.17, 15) is 14.9 Å². The van der Waals surface area contributed by atoms with Gasteiger partial charge in [0.25, 0.3) is 5.69 Å². The van der Waals surface area contributed by atoms with Crippen molar-refractivity contribution in [1.82, 2.24) is 0 Å². The molecule has 0 atom stereocenters. The second kappa shape index (κ2) is 5.56. The highest BCUT2D eigenvalue weighted by molar-refractivity contribution is 6.13. The molecule has 0 radical (unpaired) electrons. The monoisotopic (exact) mass is 331 g/mol. The summed E-state index contributed by atoms with van der Waals surface area (Å²) in [6.45, 7) is 1.59. The molecule has 0 unspecified atom stereocenters. The molecule has 3 aromatic carbocycles. The Morgan fingerprint density at radius 1 is 0.960 bits per heavy atom. The molecular weight excluding hydrogens is 318 g/mol. The van der Waals surface area contributed by atoms with Gasteiger partial charge in [0.05, 0.1) is 4.92 Å². The van der Waals surface area contributed by atoms with Gasteiger partial charge < -0.3 is 4.42 Å². The molecule has 4 rings (SSSR count). The molecule has 0 fully saturated rings. The average Bonchev–Trinajstić information content (AvgIpc) is 2.98. The Kier molecular flexibility index (Phi) is 3.35. The van der Waals surface area contributed by atoms with Crippen LogP contribution in [0.4, 0.5) is 5.69 Å². The Bertz CT molecular complexity index is 1160. The number of furan rings is 1. The number of hydrogen-bond donors (Lipinski definition) is 0. The largest absolute Gasteiger partial charge is 0.456 e. The zero-order chi connectivity index (χ0) is 17.6. The summed E-state index contributed by atoms with van der Waals surface area (Å²) in [5.41, 5.74) is 2.45. The molecule has 4 aromatic rings. The van der Waals surface area contributed by atoms with Gasteiger partial charge in [-0.25, -0.2) is 0 Å². The average molecular weight is 331 g/mol. The van der Waals surface area contributed by atoms with E-state index in [1.165, 1.54) is 12.1 Å². The van der Waals surface area contributed by atoms with Gasteiger partial charge in [-0.3, -0.25) is 14.9 Å². The minimum Gasteiger partial charge on any atom is -0.456 e. The number of carbonyl (C=O) groups is 1. The number of nitrogens with zero attached hydrogens (tertiary/aromatic N) is 1. The van der Waals surface area contributed by atoms with Crippen LogP contribution >= 0.6 is 0 Å². The Morgan fingerprint density at radius 2 is 1.72 bits per heavy atom. The summed E-state index contributed by atoms with van der Waals surface area (Å²) in [6.07, 6.45) is 0. The van der Waals surface area contributed by atoms with Crippen LogP contribution in [0.1, 0.15) is 21.5 Å². The molecule has 5 nitrogen and oxygen atoms in total. The highest BCUT2D eigenvalue weighted by Crippen LogP contribution is 2.30. The number of ketones is 1. The number of nitro groups is 1. The van der Waals surface area contributed by atoms with Gasteiger partial charge in [0.1, 0.15) is 11.2 Å². The molecule has 0 saturated heterocycles. The van der Waals surface area contributed by atoms with Crippen molar-refractivity contribution in [2.75, 3.05) is 0 Å². The molecular formula is C20H13NO4. The number of carbonyl (C=O) groups excluding carboxylic acids is 1. The van der Waals surface area contributed by atoms with E-state index in [-0.39, 0.29) is 11.5 Å². The summed E-state index contributed by atoms with van der Waals surface area (Å²) in [6, 6.07) is 17.5. The van der Waals surface area contributed by atoms with Crippen LogP contribution < -0.4 is 0 Å². The Hall–Kier alpha value is -3.47. The summed E-state index contributed by atoms with van der Waals surface area (Å²) in [7, 11) is 0. The molecule has 5 heteroatoms. The zero-order valence-electron chi connectivity index (χ0n) is 13.4. The van der Waals surface area contributed by atoms with Gasteiger partial charge in [0, 0.05) is 33.5 Å². The van der Waals surface area contributed by atoms with Crippen LogP contribution in [0, 0.1) is 17.0 Å². The maximum atomic E-state index is 12.8. The second-order valence-corrected chi connectivity index (χ2v) is 5.85. The van der Waals surface area contributed by atoms with Crippen molar-refractivity contribution in [3.8, 4) is 0 Å². The smallest absolute Gasteiger partial charge is 0.273 e. The van der Waals surface area contributed by atoms with Crippen molar-refractivity contribution in [2.24, 2.45) is 0 Å². The van der Waals surface area contributed by atoms with Crippen LogP contribution in [0.2, 0.25) is 0 Å². The molecule has 0 amide bonds. The van der Waals surface area contributed by atoms with Crippen molar-refractivity contribution >= 4 is 33.4 Å². The summed E-state index contributed by atoms with van der Waals surface area (Å²) >= 11 is 0. The molecule has 1 aromatic heterocycles. The molecule has 0 saturated carbocycles. The fraction of sp³-hybridized carbons (Fsp3) is 0.0500. The zero-order valence-corrected chi connectivity index (χ0v) is 13.4. The molecule has 25 heavy (non-hydrogen) atoms. The fourth-order valence-corrected chi connectivity index (χ4v) is 3.09. The van der Waals surface area contributed by atoms with Crippen molar-refractivity contribution < 1.29 is 14.1 Å². The number of para-hydroxylation sites is 1. The Labute approximate surface area is 142 Å². The maximum absolute atomic E-state index is 12.8. The van der Waals surface area contributed by atoms with Crippen LogP contribution in [0.15, 0.2) is 65.1 Å². The summed E-state index contributed by atoms with van der Waals surface area (Å²) in [4.78, 5) is 23.4. The van der Waals surface area contributed by atoms with Crippen molar-refractivity contribution in [3.63, 3.8) is 0 Å².